The second kappa shape index (κ2) is 8.48. The van der Waals surface area contributed by atoms with Gasteiger partial charge in [-0.25, -0.2) is 14.6 Å². The fourth-order valence-corrected chi connectivity index (χ4v) is 4.62. The Bertz CT molecular complexity index is 857. The van der Waals surface area contributed by atoms with Crippen LogP contribution in [0.4, 0.5) is 23.1 Å². The number of urea groups is 1. The van der Waals surface area contributed by atoms with Gasteiger partial charge in [-0.1, -0.05) is 6.92 Å². The summed E-state index contributed by atoms with van der Waals surface area (Å²) in [5.41, 5.74) is -0.522. The zero-order chi connectivity index (χ0) is 23.0. The summed E-state index contributed by atoms with van der Waals surface area (Å²) in [5, 5.41) is 20.2. The molecule has 2 aliphatic carbocycles. The van der Waals surface area contributed by atoms with E-state index in [0.717, 1.165) is 30.5 Å². The number of carboxylic acids is 2. The predicted molar refractivity (Wildman–Crippen MR) is 102 cm³/mol. The highest BCUT2D eigenvalue weighted by molar-refractivity contribution is 7.09. The minimum Gasteiger partial charge on any atom is -0.481 e. The normalized spacial score (nSPS) is 26.7. The predicted octanol–water partition coefficient (Wildman–Crippen LogP) is 1.43. The molecule has 1 saturated heterocycles. The van der Waals surface area contributed by atoms with Crippen LogP contribution in [0.3, 0.4) is 0 Å². The van der Waals surface area contributed by atoms with Crippen LogP contribution in [0.15, 0.2) is 0 Å². The molecule has 3 atom stereocenters. The Balaban J connectivity index is 0.000000339. The lowest BCUT2D eigenvalue weighted by Gasteiger charge is -2.37. The molecule has 3 N–H and O–H groups in total. The Morgan fingerprint density at radius 1 is 1.19 bits per heavy atom. The molecule has 0 aromatic carbocycles. The monoisotopic (exact) mass is 465 g/mol. The van der Waals surface area contributed by atoms with Crippen molar-refractivity contribution in [2.45, 2.75) is 38.4 Å². The van der Waals surface area contributed by atoms with Crippen LogP contribution < -0.4 is 10.2 Å². The number of alkyl halides is 3. The van der Waals surface area contributed by atoms with E-state index in [0.29, 0.717) is 25.9 Å². The molecular weight excluding hydrogens is 443 g/mol. The number of rotatable bonds is 4. The molecule has 0 bridgehead atoms. The lowest BCUT2D eigenvalue weighted by atomic mass is 9.80. The van der Waals surface area contributed by atoms with E-state index >= 15 is 0 Å². The molecule has 31 heavy (non-hydrogen) atoms. The summed E-state index contributed by atoms with van der Waals surface area (Å²) in [5.74, 6) is -2.47. The van der Waals surface area contributed by atoms with Gasteiger partial charge in [0.1, 0.15) is 5.82 Å². The van der Waals surface area contributed by atoms with Gasteiger partial charge >= 0.3 is 24.1 Å². The van der Waals surface area contributed by atoms with E-state index in [9.17, 15) is 22.8 Å². The molecule has 0 unspecified atom stereocenters. The smallest absolute Gasteiger partial charge is 0.481 e. The lowest BCUT2D eigenvalue weighted by Crippen LogP contribution is -2.56. The van der Waals surface area contributed by atoms with Crippen molar-refractivity contribution in [3.63, 3.8) is 0 Å². The van der Waals surface area contributed by atoms with Crippen molar-refractivity contribution in [3.8, 4) is 0 Å². The SMILES string of the molecule is CCc1nsc(N2CCN(C(=O)N[C@@H]3C[C@]4(C(=O)O)C[C@H]34)CC2)n1.O=C(O)C(F)(F)F. The van der Waals surface area contributed by atoms with E-state index in [2.05, 4.69) is 19.6 Å². The number of amides is 2. The van der Waals surface area contributed by atoms with Crippen molar-refractivity contribution in [1.29, 1.82) is 0 Å². The molecule has 10 nitrogen and oxygen atoms in total. The molecular formula is C17H22F3N5O5S. The summed E-state index contributed by atoms with van der Waals surface area (Å²) < 4.78 is 36.0. The fraction of sp³-hybridized carbons (Fsp3) is 0.706. The number of nitrogens with zero attached hydrogens (tertiary/aromatic N) is 4. The number of aryl methyl sites for hydroxylation is 1. The average Bonchev–Trinajstić information content (AvgIpc) is 3.08. The summed E-state index contributed by atoms with van der Waals surface area (Å²) >= 11 is 1.41. The Morgan fingerprint density at radius 2 is 1.81 bits per heavy atom. The maximum absolute atomic E-state index is 12.4. The Kier molecular flexibility index (Phi) is 6.30. The van der Waals surface area contributed by atoms with Gasteiger partial charge in [0.15, 0.2) is 0 Å². The number of nitrogens with one attached hydrogen (secondary N) is 1. The van der Waals surface area contributed by atoms with Crippen LogP contribution >= 0.6 is 11.5 Å². The molecule has 0 radical (unpaired) electrons. The summed E-state index contributed by atoms with van der Waals surface area (Å²) in [7, 11) is 0. The van der Waals surface area contributed by atoms with E-state index < -0.39 is 23.5 Å². The number of carbonyl (C=O) groups excluding carboxylic acids is 1. The lowest BCUT2D eigenvalue weighted by molar-refractivity contribution is -0.192. The average molecular weight is 465 g/mol. The maximum atomic E-state index is 12.4. The molecule has 1 aliphatic heterocycles. The van der Waals surface area contributed by atoms with Crippen molar-refractivity contribution in [3.05, 3.63) is 5.82 Å². The summed E-state index contributed by atoms with van der Waals surface area (Å²) in [4.78, 5) is 40.9. The minimum atomic E-state index is -5.08. The number of carboxylic acid groups (broad SMARTS) is 2. The van der Waals surface area contributed by atoms with Gasteiger partial charge in [0.05, 0.1) is 5.41 Å². The topological polar surface area (TPSA) is 136 Å². The summed E-state index contributed by atoms with van der Waals surface area (Å²) in [6.45, 7) is 4.83. The van der Waals surface area contributed by atoms with E-state index in [4.69, 9.17) is 15.0 Å². The molecule has 2 amide bonds. The van der Waals surface area contributed by atoms with Gasteiger partial charge in [0.2, 0.25) is 5.13 Å². The van der Waals surface area contributed by atoms with Crippen LogP contribution in [0.2, 0.25) is 0 Å². The molecule has 2 saturated carbocycles. The third-order valence-corrected chi connectivity index (χ3v) is 6.61. The van der Waals surface area contributed by atoms with Gasteiger partial charge in [-0.15, -0.1) is 0 Å². The van der Waals surface area contributed by atoms with Gasteiger partial charge < -0.3 is 25.3 Å². The second-order valence-electron chi connectivity index (χ2n) is 7.66. The summed E-state index contributed by atoms with van der Waals surface area (Å²) in [6, 6.07) is -0.0426. The Labute approximate surface area is 179 Å². The van der Waals surface area contributed by atoms with Crippen molar-refractivity contribution in [2.24, 2.45) is 11.3 Å². The number of piperazine rings is 1. The largest absolute Gasteiger partial charge is 0.490 e. The van der Waals surface area contributed by atoms with Crippen LogP contribution in [0, 0.1) is 11.3 Å². The van der Waals surface area contributed by atoms with E-state index in [1.165, 1.54) is 11.5 Å². The number of hydrogen-bond donors (Lipinski definition) is 3. The van der Waals surface area contributed by atoms with Crippen molar-refractivity contribution < 1.29 is 37.8 Å². The number of halogens is 3. The van der Waals surface area contributed by atoms with Crippen LogP contribution in [0.1, 0.15) is 25.6 Å². The van der Waals surface area contributed by atoms with Gasteiger partial charge in [0.25, 0.3) is 0 Å². The summed E-state index contributed by atoms with van der Waals surface area (Å²) in [6.07, 6.45) is -2.97. The highest BCUT2D eigenvalue weighted by Crippen LogP contribution is 2.67. The molecule has 14 heteroatoms. The second-order valence-corrected chi connectivity index (χ2v) is 8.39. The van der Waals surface area contributed by atoms with E-state index in [1.54, 1.807) is 4.90 Å². The number of carbonyl (C=O) groups is 3. The van der Waals surface area contributed by atoms with Gasteiger partial charge in [0, 0.05) is 50.2 Å². The van der Waals surface area contributed by atoms with E-state index in [1.807, 2.05) is 6.92 Å². The zero-order valence-corrected chi connectivity index (χ0v) is 17.4. The highest BCUT2D eigenvalue weighted by Gasteiger charge is 2.72. The fourth-order valence-electron chi connectivity index (χ4n) is 3.82. The Hall–Kier alpha value is -2.64. The van der Waals surface area contributed by atoms with Crippen molar-refractivity contribution in [1.82, 2.24) is 19.6 Å². The van der Waals surface area contributed by atoms with Crippen molar-refractivity contribution >= 4 is 34.6 Å². The number of aliphatic carboxylic acids is 2. The van der Waals surface area contributed by atoms with Gasteiger partial charge in [-0.2, -0.15) is 17.5 Å². The molecule has 2 heterocycles. The molecule has 1 aromatic rings. The Morgan fingerprint density at radius 3 is 2.23 bits per heavy atom. The molecule has 0 spiro atoms. The van der Waals surface area contributed by atoms with Crippen LogP contribution in [0.25, 0.3) is 0 Å². The zero-order valence-electron chi connectivity index (χ0n) is 16.6. The number of fused-ring (bicyclic) bond motifs is 1. The first-order valence-electron chi connectivity index (χ1n) is 9.64. The first-order chi connectivity index (χ1) is 14.5. The number of aromatic nitrogens is 2. The van der Waals surface area contributed by atoms with Crippen LogP contribution in [-0.2, 0) is 16.0 Å². The van der Waals surface area contributed by atoms with Gasteiger partial charge in [-0.3, -0.25) is 4.79 Å². The quantitative estimate of drug-likeness (QED) is 0.608. The molecule has 1 aromatic heterocycles. The number of hydrogen-bond acceptors (Lipinski definition) is 7. The third kappa shape index (κ3) is 4.83. The minimum absolute atomic E-state index is 0.0295. The number of anilines is 1. The van der Waals surface area contributed by atoms with Crippen molar-refractivity contribution in [2.75, 3.05) is 31.1 Å². The van der Waals surface area contributed by atoms with E-state index in [-0.39, 0.29) is 18.0 Å². The molecule has 3 aliphatic rings. The first-order valence-corrected chi connectivity index (χ1v) is 10.4. The first kappa shape index (κ1) is 23.0. The van der Waals surface area contributed by atoms with Crippen LogP contribution in [-0.4, -0.2) is 80.8 Å². The molecule has 172 valence electrons. The maximum Gasteiger partial charge on any atom is 0.490 e. The highest BCUT2D eigenvalue weighted by atomic mass is 32.1. The molecule has 4 rings (SSSR count). The van der Waals surface area contributed by atoms with Gasteiger partial charge in [-0.05, 0) is 18.8 Å². The third-order valence-electron chi connectivity index (χ3n) is 5.79. The standard InChI is InChI=1S/C15H21N5O3S.C2HF3O2/c1-2-11-17-14(24-18-11)20-5-3-19(4-6-20)13(23)16-10-8-15(12(21)22)7-9(10)15;3-2(4,5)1(6)7/h9-10H,2-8H2,1H3,(H,16,23)(H,21,22);(H,6,7)/t9-,10-,15-;/m1./s1. The van der Waals surface area contributed by atoms with Crippen LogP contribution in [0.5, 0.6) is 0 Å². The molecule has 3 fully saturated rings.